The van der Waals surface area contributed by atoms with Gasteiger partial charge in [-0.3, -0.25) is 4.79 Å². The zero-order chi connectivity index (χ0) is 14.5. The fourth-order valence-corrected chi connectivity index (χ4v) is 3.03. The normalized spacial score (nSPS) is 17.9. The van der Waals surface area contributed by atoms with E-state index in [1.165, 1.54) is 32.1 Å². The van der Waals surface area contributed by atoms with Gasteiger partial charge < -0.3 is 15.9 Å². The van der Waals surface area contributed by atoms with Crippen molar-refractivity contribution in [2.24, 2.45) is 11.7 Å². The van der Waals surface area contributed by atoms with E-state index in [-0.39, 0.29) is 5.75 Å². The van der Waals surface area contributed by atoms with Crippen molar-refractivity contribution in [2.45, 2.75) is 51.0 Å². The maximum Gasteiger partial charge on any atom is 0.320 e. The molecular weight excluding hydrogens is 254 g/mol. The third kappa shape index (κ3) is 3.97. The number of rotatable bonds is 5. The number of nitrogens with two attached hydrogens (primary N) is 1. The van der Waals surface area contributed by atoms with E-state index in [4.69, 9.17) is 10.8 Å². The van der Waals surface area contributed by atoms with Crippen molar-refractivity contribution in [2.75, 3.05) is 0 Å². The fourth-order valence-electron chi connectivity index (χ4n) is 3.03. The highest BCUT2D eigenvalue weighted by Crippen LogP contribution is 2.29. The molecule has 0 bridgehead atoms. The number of aromatic hydroxyl groups is 1. The molecule has 1 aliphatic carbocycles. The van der Waals surface area contributed by atoms with Crippen LogP contribution >= 0.6 is 0 Å². The van der Waals surface area contributed by atoms with Crippen molar-refractivity contribution in [1.29, 1.82) is 0 Å². The van der Waals surface area contributed by atoms with Gasteiger partial charge in [-0.2, -0.15) is 0 Å². The lowest BCUT2D eigenvalue weighted by atomic mass is 9.83. The van der Waals surface area contributed by atoms with E-state index in [1.807, 2.05) is 0 Å². The first-order valence-corrected chi connectivity index (χ1v) is 7.35. The van der Waals surface area contributed by atoms with Crippen LogP contribution in [-0.4, -0.2) is 22.2 Å². The lowest BCUT2D eigenvalue weighted by molar-refractivity contribution is -0.138. The average Bonchev–Trinajstić information content (AvgIpc) is 2.42. The number of hydrogen-bond donors (Lipinski definition) is 3. The van der Waals surface area contributed by atoms with Gasteiger partial charge in [-0.15, -0.1) is 0 Å². The molecule has 20 heavy (non-hydrogen) atoms. The van der Waals surface area contributed by atoms with Crippen molar-refractivity contribution < 1.29 is 15.0 Å². The van der Waals surface area contributed by atoms with E-state index >= 15 is 0 Å². The van der Waals surface area contributed by atoms with Crippen molar-refractivity contribution >= 4 is 5.97 Å². The largest absolute Gasteiger partial charge is 0.508 e. The van der Waals surface area contributed by atoms with Crippen LogP contribution in [0, 0.1) is 5.92 Å². The maximum atomic E-state index is 10.9. The van der Waals surface area contributed by atoms with Crippen molar-refractivity contribution in [3.05, 3.63) is 29.3 Å². The summed E-state index contributed by atoms with van der Waals surface area (Å²) in [6.07, 6.45) is 7.53. The van der Waals surface area contributed by atoms with Gasteiger partial charge in [-0.25, -0.2) is 0 Å². The lowest BCUT2D eigenvalue weighted by Crippen LogP contribution is -2.32. The molecule has 1 aromatic carbocycles. The Morgan fingerprint density at radius 3 is 2.60 bits per heavy atom. The summed E-state index contributed by atoms with van der Waals surface area (Å²) in [5.41, 5.74) is 7.62. The van der Waals surface area contributed by atoms with Crippen LogP contribution in [0.2, 0.25) is 0 Å². The van der Waals surface area contributed by atoms with Gasteiger partial charge in [0.05, 0.1) is 0 Å². The first-order chi connectivity index (χ1) is 9.56. The van der Waals surface area contributed by atoms with Crippen LogP contribution in [0.1, 0.15) is 43.2 Å². The second-order valence-corrected chi connectivity index (χ2v) is 5.81. The molecule has 0 aromatic heterocycles. The summed E-state index contributed by atoms with van der Waals surface area (Å²) < 4.78 is 0. The summed E-state index contributed by atoms with van der Waals surface area (Å²) in [6.45, 7) is 0. The van der Waals surface area contributed by atoms with Gasteiger partial charge in [0, 0.05) is 0 Å². The highest BCUT2D eigenvalue weighted by atomic mass is 16.4. The Morgan fingerprint density at radius 2 is 1.95 bits per heavy atom. The highest BCUT2D eigenvalue weighted by Gasteiger charge is 2.19. The minimum atomic E-state index is -0.985. The topological polar surface area (TPSA) is 83.5 Å². The summed E-state index contributed by atoms with van der Waals surface area (Å²) in [5, 5.41) is 18.6. The van der Waals surface area contributed by atoms with Gasteiger partial charge in [-0.1, -0.05) is 38.2 Å². The molecule has 0 radical (unpaired) electrons. The number of hydrogen-bond acceptors (Lipinski definition) is 3. The van der Waals surface area contributed by atoms with Crippen molar-refractivity contribution in [3.63, 3.8) is 0 Å². The molecule has 4 N–H and O–H groups in total. The Kier molecular flexibility index (Phi) is 5.01. The molecule has 1 aliphatic rings. The molecule has 0 heterocycles. The number of carboxylic acid groups (broad SMARTS) is 1. The van der Waals surface area contributed by atoms with E-state index in [9.17, 15) is 9.90 Å². The molecule has 0 amide bonds. The van der Waals surface area contributed by atoms with E-state index in [1.54, 1.807) is 18.2 Å². The van der Waals surface area contributed by atoms with Crippen molar-refractivity contribution in [3.8, 4) is 5.75 Å². The zero-order valence-corrected chi connectivity index (χ0v) is 11.7. The van der Waals surface area contributed by atoms with Crippen LogP contribution in [0.15, 0.2) is 18.2 Å². The molecule has 110 valence electrons. The predicted molar refractivity (Wildman–Crippen MR) is 77.7 cm³/mol. The first-order valence-electron chi connectivity index (χ1n) is 7.35. The van der Waals surface area contributed by atoms with E-state index in [0.29, 0.717) is 12.3 Å². The summed E-state index contributed by atoms with van der Waals surface area (Å²) in [6, 6.07) is 4.29. The molecule has 1 atom stereocenters. The van der Waals surface area contributed by atoms with Gasteiger partial charge >= 0.3 is 5.97 Å². The third-order valence-electron chi connectivity index (χ3n) is 4.18. The summed E-state index contributed by atoms with van der Waals surface area (Å²) in [5.74, 6) is -0.101. The van der Waals surface area contributed by atoms with E-state index in [2.05, 4.69) is 0 Å². The van der Waals surface area contributed by atoms with Crippen LogP contribution in [0.4, 0.5) is 0 Å². The molecule has 0 saturated heterocycles. The van der Waals surface area contributed by atoms with Gasteiger partial charge in [0.2, 0.25) is 0 Å². The summed E-state index contributed by atoms with van der Waals surface area (Å²) >= 11 is 0. The molecule has 0 unspecified atom stereocenters. The molecule has 0 spiro atoms. The molecule has 1 saturated carbocycles. The second kappa shape index (κ2) is 6.75. The van der Waals surface area contributed by atoms with Crippen LogP contribution in [0.3, 0.4) is 0 Å². The first kappa shape index (κ1) is 14.9. The Balaban J connectivity index is 2.12. The Morgan fingerprint density at radius 1 is 1.25 bits per heavy atom. The van der Waals surface area contributed by atoms with Crippen LogP contribution < -0.4 is 5.73 Å². The maximum absolute atomic E-state index is 10.9. The molecule has 1 fully saturated rings. The quantitative estimate of drug-likeness (QED) is 0.772. The van der Waals surface area contributed by atoms with Gasteiger partial charge in [0.15, 0.2) is 0 Å². The molecule has 1 aromatic rings. The number of carboxylic acids is 1. The molecule has 0 aliphatic heterocycles. The number of carbonyl (C=O) groups is 1. The number of aliphatic carboxylic acids is 1. The summed E-state index contributed by atoms with van der Waals surface area (Å²) in [4.78, 5) is 10.9. The molecular formula is C16H23NO3. The minimum Gasteiger partial charge on any atom is -0.508 e. The minimum absolute atomic E-state index is 0.239. The van der Waals surface area contributed by atoms with Crippen LogP contribution in [0.25, 0.3) is 0 Å². The standard InChI is InChI=1S/C16H23NO3/c17-15(16(19)20)10-12-6-7-14(18)9-13(12)8-11-4-2-1-3-5-11/h6-7,9,11,15,18H,1-5,8,10,17H2,(H,19,20)/t15-/m0/s1. The molecule has 4 nitrogen and oxygen atoms in total. The summed E-state index contributed by atoms with van der Waals surface area (Å²) in [7, 11) is 0. The monoisotopic (exact) mass is 277 g/mol. The lowest BCUT2D eigenvalue weighted by Gasteiger charge is -2.23. The molecule has 4 heteroatoms. The number of benzene rings is 1. The van der Waals surface area contributed by atoms with Gasteiger partial charge in [0.25, 0.3) is 0 Å². The van der Waals surface area contributed by atoms with Crippen molar-refractivity contribution in [1.82, 2.24) is 0 Å². The predicted octanol–water partition coefficient (Wildman–Crippen LogP) is 2.47. The van der Waals surface area contributed by atoms with Gasteiger partial charge in [0.1, 0.15) is 11.8 Å². The van der Waals surface area contributed by atoms with E-state index in [0.717, 1.165) is 17.5 Å². The van der Waals surface area contributed by atoms with E-state index < -0.39 is 12.0 Å². The zero-order valence-electron chi connectivity index (χ0n) is 11.7. The molecule has 2 rings (SSSR count). The Hall–Kier alpha value is -1.55. The number of phenolic OH excluding ortho intramolecular Hbond substituents is 1. The van der Waals surface area contributed by atoms with Gasteiger partial charge in [-0.05, 0) is 42.0 Å². The SMILES string of the molecule is N[C@@H](Cc1ccc(O)cc1CC1CCCCC1)C(=O)O. The van der Waals surface area contributed by atoms with Crippen LogP contribution in [0.5, 0.6) is 5.75 Å². The Labute approximate surface area is 119 Å². The average molecular weight is 277 g/mol. The third-order valence-corrected chi connectivity index (χ3v) is 4.18. The Bertz CT molecular complexity index is 467. The smallest absolute Gasteiger partial charge is 0.320 e. The number of phenols is 1. The second-order valence-electron chi connectivity index (χ2n) is 5.81. The highest BCUT2D eigenvalue weighted by molar-refractivity contribution is 5.73. The van der Waals surface area contributed by atoms with Crippen LogP contribution in [-0.2, 0) is 17.6 Å². The fraction of sp³-hybridized carbons (Fsp3) is 0.562.